The molecule has 0 N–H and O–H groups in total. The standard InChI is InChI=1S/C19H34/c1-7-11-18(8-2)15-17(6)12-10-13-19(9-3)14-16(4)5/h8,10,12-13,16,19H,7,9,11,14-15H2,1-6H3/b13-10+,17-12-,18-8-/t19-/m1/s1. The van der Waals surface area contributed by atoms with Crippen LogP contribution in [0.4, 0.5) is 0 Å². The minimum Gasteiger partial charge on any atom is -0.0881 e. The van der Waals surface area contributed by atoms with Gasteiger partial charge in [-0.05, 0) is 51.4 Å². The van der Waals surface area contributed by atoms with Crippen LogP contribution in [0.1, 0.15) is 73.6 Å². The number of rotatable bonds is 9. The second-order valence-corrected chi connectivity index (χ2v) is 6.07. The van der Waals surface area contributed by atoms with E-state index in [0.29, 0.717) is 0 Å². The molecule has 0 amide bonds. The van der Waals surface area contributed by atoms with E-state index < -0.39 is 0 Å². The SMILES string of the molecule is C/C=C(/CCC)C/C(C)=C\C=C\[C@@H](CC)CC(C)C. The van der Waals surface area contributed by atoms with Crippen LogP contribution in [0.25, 0.3) is 0 Å². The number of hydrogen-bond donors (Lipinski definition) is 0. The van der Waals surface area contributed by atoms with Gasteiger partial charge in [-0.25, -0.2) is 0 Å². The van der Waals surface area contributed by atoms with Gasteiger partial charge in [0.05, 0.1) is 0 Å². The molecule has 0 aliphatic carbocycles. The maximum absolute atomic E-state index is 2.39. The predicted octanol–water partition coefficient (Wildman–Crippen LogP) is 6.70. The highest BCUT2D eigenvalue weighted by atomic mass is 14.1. The molecule has 0 unspecified atom stereocenters. The van der Waals surface area contributed by atoms with Crippen LogP contribution in [0.2, 0.25) is 0 Å². The van der Waals surface area contributed by atoms with Gasteiger partial charge in [0.1, 0.15) is 0 Å². The minimum absolute atomic E-state index is 0.737. The Kier molecular flexibility index (Phi) is 10.6. The zero-order chi connectivity index (χ0) is 14.7. The lowest BCUT2D eigenvalue weighted by Crippen LogP contribution is -1.99. The molecule has 0 aromatic rings. The molecule has 110 valence electrons. The van der Waals surface area contributed by atoms with Crippen molar-refractivity contribution < 1.29 is 0 Å². The zero-order valence-electron chi connectivity index (χ0n) is 14.0. The Balaban J connectivity index is 4.35. The Bertz CT molecular complexity index is 302. The van der Waals surface area contributed by atoms with Crippen LogP contribution in [-0.2, 0) is 0 Å². The molecule has 1 atom stereocenters. The summed E-state index contributed by atoms with van der Waals surface area (Å²) in [6, 6.07) is 0. The topological polar surface area (TPSA) is 0 Å². The summed E-state index contributed by atoms with van der Waals surface area (Å²) < 4.78 is 0. The third-order valence-corrected chi connectivity index (χ3v) is 3.55. The van der Waals surface area contributed by atoms with Gasteiger partial charge in [0.25, 0.3) is 0 Å². The van der Waals surface area contributed by atoms with Crippen molar-refractivity contribution in [1.82, 2.24) is 0 Å². The van der Waals surface area contributed by atoms with Gasteiger partial charge in [-0.3, -0.25) is 0 Å². The van der Waals surface area contributed by atoms with Crippen LogP contribution >= 0.6 is 0 Å². The largest absolute Gasteiger partial charge is 0.0881 e. The van der Waals surface area contributed by atoms with E-state index in [4.69, 9.17) is 0 Å². The predicted molar refractivity (Wildman–Crippen MR) is 89.4 cm³/mol. The van der Waals surface area contributed by atoms with Crippen LogP contribution in [0.15, 0.2) is 35.5 Å². The second kappa shape index (κ2) is 11.1. The van der Waals surface area contributed by atoms with Gasteiger partial charge in [-0.15, -0.1) is 0 Å². The summed E-state index contributed by atoms with van der Waals surface area (Å²) in [4.78, 5) is 0. The average Bonchev–Trinajstić information content (AvgIpc) is 2.36. The first-order valence-electron chi connectivity index (χ1n) is 8.01. The molecule has 0 saturated carbocycles. The monoisotopic (exact) mass is 262 g/mol. The van der Waals surface area contributed by atoms with E-state index in [1.54, 1.807) is 5.57 Å². The molecule has 0 nitrogen and oxygen atoms in total. The van der Waals surface area contributed by atoms with Gasteiger partial charge in [0.2, 0.25) is 0 Å². The molecule has 0 aromatic heterocycles. The van der Waals surface area contributed by atoms with Crippen molar-refractivity contribution in [2.45, 2.75) is 73.6 Å². The fourth-order valence-corrected chi connectivity index (χ4v) is 2.44. The van der Waals surface area contributed by atoms with E-state index in [2.05, 4.69) is 65.8 Å². The van der Waals surface area contributed by atoms with E-state index in [9.17, 15) is 0 Å². The smallest absolute Gasteiger partial charge is 0.0108 e. The fraction of sp³-hybridized carbons (Fsp3) is 0.684. The Labute approximate surface area is 121 Å². The summed E-state index contributed by atoms with van der Waals surface area (Å²) in [7, 11) is 0. The van der Waals surface area contributed by atoms with Gasteiger partial charge < -0.3 is 0 Å². The van der Waals surface area contributed by atoms with E-state index in [1.165, 1.54) is 31.3 Å². The van der Waals surface area contributed by atoms with Crippen molar-refractivity contribution in [3.8, 4) is 0 Å². The number of allylic oxidation sites excluding steroid dienone is 6. The molecule has 0 bridgehead atoms. The Morgan fingerprint density at radius 1 is 1.16 bits per heavy atom. The fourth-order valence-electron chi connectivity index (χ4n) is 2.44. The summed E-state index contributed by atoms with van der Waals surface area (Å²) in [6.45, 7) is 13.5. The molecule has 19 heavy (non-hydrogen) atoms. The molecule has 0 aliphatic rings. The summed E-state index contributed by atoms with van der Waals surface area (Å²) in [5.41, 5.74) is 3.04. The van der Waals surface area contributed by atoms with Gasteiger partial charge in [0.15, 0.2) is 0 Å². The van der Waals surface area contributed by atoms with Crippen molar-refractivity contribution in [1.29, 1.82) is 0 Å². The van der Waals surface area contributed by atoms with Crippen LogP contribution in [-0.4, -0.2) is 0 Å². The second-order valence-electron chi connectivity index (χ2n) is 6.07. The summed E-state index contributed by atoms with van der Waals surface area (Å²) in [5.74, 6) is 1.53. The highest BCUT2D eigenvalue weighted by molar-refractivity contribution is 5.18. The van der Waals surface area contributed by atoms with Crippen LogP contribution in [0, 0.1) is 11.8 Å². The lowest BCUT2D eigenvalue weighted by Gasteiger charge is -2.12. The summed E-state index contributed by atoms with van der Waals surface area (Å²) >= 11 is 0. The van der Waals surface area contributed by atoms with Crippen molar-refractivity contribution >= 4 is 0 Å². The molecule has 0 spiro atoms. The Morgan fingerprint density at radius 2 is 1.84 bits per heavy atom. The molecule has 0 rings (SSSR count). The molecule has 0 radical (unpaired) electrons. The highest BCUT2D eigenvalue weighted by Crippen LogP contribution is 2.18. The molecule has 0 aromatic carbocycles. The minimum atomic E-state index is 0.737. The summed E-state index contributed by atoms with van der Waals surface area (Å²) in [6.07, 6.45) is 15.4. The van der Waals surface area contributed by atoms with Gasteiger partial charge in [-0.2, -0.15) is 0 Å². The maximum Gasteiger partial charge on any atom is -0.0108 e. The van der Waals surface area contributed by atoms with Crippen LogP contribution < -0.4 is 0 Å². The normalized spacial score (nSPS) is 15.5. The van der Waals surface area contributed by atoms with Gasteiger partial charge in [-0.1, -0.05) is 69.6 Å². The molecule has 0 heteroatoms. The molecule has 0 saturated heterocycles. The Morgan fingerprint density at radius 3 is 2.32 bits per heavy atom. The van der Waals surface area contributed by atoms with E-state index in [0.717, 1.165) is 18.3 Å². The van der Waals surface area contributed by atoms with Crippen molar-refractivity contribution in [3.05, 3.63) is 35.5 Å². The van der Waals surface area contributed by atoms with Crippen molar-refractivity contribution in [2.24, 2.45) is 11.8 Å². The van der Waals surface area contributed by atoms with E-state index in [-0.39, 0.29) is 0 Å². The van der Waals surface area contributed by atoms with Gasteiger partial charge in [0, 0.05) is 0 Å². The van der Waals surface area contributed by atoms with Crippen molar-refractivity contribution in [2.75, 3.05) is 0 Å². The molecular weight excluding hydrogens is 228 g/mol. The molecule has 0 aliphatic heterocycles. The van der Waals surface area contributed by atoms with Gasteiger partial charge >= 0.3 is 0 Å². The van der Waals surface area contributed by atoms with Crippen LogP contribution in [0.3, 0.4) is 0 Å². The quantitative estimate of drug-likeness (QED) is 0.320. The highest BCUT2D eigenvalue weighted by Gasteiger charge is 2.04. The summed E-state index contributed by atoms with van der Waals surface area (Å²) in [5, 5.41) is 0. The molecule has 0 heterocycles. The number of hydrogen-bond acceptors (Lipinski definition) is 0. The Hall–Kier alpha value is -0.780. The van der Waals surface area contributed by atoms with E-state index in [1.807, 2.05) is 0 Å². The first-order chi connectivity index (χ1) is 9.03. The maximum atomic E-state index is 2.39. The third kappa shape index (κ3) is 9.76. The van der Waals surface area contributed by atoms with Crippen molar-refractivity contribution in [3.63, 3.8) is 0 Å². The zero-order valence-corrected chi connectivity index (χ0v) is 14.0. The first kappa shape index (κ1) is 18.2. The first-order valence-corrected chi connectivity index (χ1v) is 8.01. The molecule has 0 fully saturated rings. The van der Waals surface area contributed by atoms with Crippen LogP contribution in [0.5, 0.6) is 0 Å². The average molecular weight is 262 g/mol. The lowest BCUT2D eigenvalue weighted by molar-refractivity contribution is 0.465. The van der Waals surface area contributed by atoms with E-state index >= 15 is 0 Å². The third-order valence-electron chi connectivity index (χ3n) is 3.55. The lowest BCUT2D eigenvalue weighted by atomic mass is 9.94. The molecular formula is C19H34.